The van der Waals surface area contributed by atoms with Gasteiger partial charge in [0, 0.05) is 12.7 Å². The van der Waals surface area contributed by atoms with Crippen molar-refractivity contribution < 1.29 is 9.53 Å². The van der Waals surface area contributed by atoms with Crippen molar-refractivity contribution in [3.8, 4) is 5.75 Å². The van der Waals surface area contributed by atoms with Crippen molar-refractivity contribution in [3.63, 3.8) is 0 Å². The van der Waals surface area contributed by atoms with Gasteiger partial charge in [0.05, 0.1) is 29.7 Å². The molecule has 0 atom stereocenters. The lowest BCUT2D eigenvalue weighted by Crippen LogP contribution is -2.15. The lowest BCUT2D eigenvalue weighted by Gasteiger charge is -2.09. The highest BCUT2D eigenvalue weighted by Gasteiger charge is 2.16. The Morgan fingerprint density at radius 2 is 2.10 bits per heavy atom. The molecule has 0 saturated carbocycles. The second kappa shape index (κ2) is 5.24. The Bertz CT molecular complexity index is 661. The third-order valence-corrected chi connectivity index (χ3v) is 3.25. The van der Waals surface area contributed by atoms with E-state index in [1.54, 1.807) is 30.0 Å². The maximum absolute atomic E-state index is 12.3. The number of benzene rings is 1. The number of rotatable bonds is 3. The number of aromatic nitrogens is 2. The first-order valence-electron chi connectivity index (χ1n) is 6.19. The average Bonchev–Trinajstić information content (AvgIpc) is 2.66. The topological polar surface area (TPSA) is 82.2 Å². The van der Waals surface area contributed by atoms with Crippen LogP contribution in [0.3, 0.4) is 0 Å². The molecule has 0 bridgehead atoms. The van der Waals surface area contributed by atoms with E-state index in [4.69, 9.17) is 10.5 Å². The van der Waals surface area contributed by atoms with Gasteiger partial charge in [-0.15, -0.1) is 0 Å². The smallest absolute Gasteiger partial charge is 0.257 e. The van der Waals surface area contributed by atoms with Crippen LogP contribution in [-0.2, 0) is 7.05 Å². The maximum atomic E-state index is 12.3. The van der Waals surface area contributed by atoms with Crippen molar-refractivity contribution >= 4 is 17.3 Å². The highest BCUT2D eigenvalue weighted by atomic mass is 16.5. The van der Waals surface area contributed by atoms with Crippen LogP contribution in [0.1, 0.15) is 21.7 Å². The van der Waals surface area contributed by atoms with Crippen molar-refractivity contribution in [2.24, 2.45) is 7.05 Å². The molecule has 1 amide bonds. The van der Waals surface area contributed by atoms with Crippen molar-refractivity contribution in [1.82, 2.24) is 9.78 Å². The average molecular weight is 274 g/mol. The molecule has 2 rings (SSSR count). The summed E-state index contributed by atoms with van der Waals surface area (Å²) in [6.07, 6.45) is 0. The maximum Gasteiger partial charge on any atom is 0.257 e. The Hall–Kier alpha value is -2.50. The molecule has 0 unspecified atom stereocenters. The number of carbonyl (C=O) groups is 1. The van der Waals surface area contributed by atoms with Gasteiger partial charge >= 0.3 is 0 Å². The van der Waals surface area contributed by atoms with Crippen LogP contribution < -0.4 is 15.8 Å². The van der Waals surface area contributed by atoms with Crippen molar-refractivity contribution in [2.45, 2.75) is 13.8 Å². The number of anilines is 2. The van der Waals surface area contributed by atoms with Crippen molar-refractivity contribution in [1.29, 1.82) is 0 Å². The third kappa shape index (κ3) is 2.45. The van der Waals surface area contributed by atoms with Gasteiger partial charge in [-0.05, 0) is 32.0 Å². The molecule has 20 heavy (non-hydrogen) atoms. The normalized spacial score (nSPS) is 10.4. The molecule has 1 aromatic heterocycles. The number of nitrogens with two attached hydrogens (primary N) is 1. The van der Waals surface area contributed by atoms with E-state index >= 15 is 0 Å². The summed E-state index contributed by atoms with van der Waals surface area (Å²) < 4.78 is 6.83. The molecule has 1 aromatic carbocycles. The van der Waals surface area contributed by atoms with Crippen LogP contribution in [0.25, 0.3) is 0 Å². The Kier molecular flexibility index (Phi) is 3.65. The molecule has 0 aliphatic rings. The quantitative estimate of drug-likeness (QED) is 0.837. The molecule has 2 aromatic rings. The van der Waals surface area contributed by atoms with E-state index in [0.717, 1.165) is 11.4 Å². The number of nitrogens with zero attached hydrogens (tertiary/aromatic N) is 2. The molecular formula is C14H18N4O2. The Morgan fingerprint density at radius 3 is 2.65 bits per heavy atom. The van der Waals surface area contributed by atoms with Gasteiger partial charge in [0.25, 0.3) is 5.91 Å². The van der Waals surface area contributed by atoms with E-state index in [1.807, 2.05) is 20.9 Å². The Labute approximate surface area is 117 Å². The van der Waals surface area contributed by atoms with Gasteiger partial charge in [0.2, 0.25) is 0 Å². The number of amides is 1. The number of nitrogens with one attached hydrogen (secondary N) is 1. The molecule has 1 heterocycles. The second-order valence-corrected chi connectivity index (χ2v) is 4.58. The minimum atomic E-state index is -0.277. The van der Waals surface area contributed by atoms with Crippen LogP contribution in [0, 0.1) is 13.8 Å². The summed E-state index contributed by atoms with van der Waals surface area (Å²) in [6, 6.07) is 4.98. The predicted molar refractivity (Wildman–Crippen MR) is 78.0 cm³/mol. The minimum Gasteiger partial charge on any atom is -0.497 e. The fraction of sp³-hybridized carbons (Fsp3) is 0.286. The first-order valence-corrected chi connectivity index (χ1v) is 6.19. The number of hydrogen-bond donors (Lipinski definition) is 2. The molecular weight excluding hydrogens is 256 g/mol. The van der Waals surface area contributed by atoms with Gasteiger partial charge in [-0.3, -0.25) is 9.48 Å². The molecule has 0 spiro atoms. The number of hydrogen-bond acceptors (Lipinski definition) is 4. The number of aryl methyl sites for hydroxylation is 2. The molecule has 106 valence electrons. The van der Waals surface area contributed by atoms with Crippen LogP contribution >= 0.6 is 0 Å². The first kappa shape index (κ1) is 13.9. The minimum absolute atomic E-state index is 0.277. The van der Waals surface area contributed by atoms with Crippen LogP contribution in [-0.4, -0.2) is 22.8 Å². The fourth-order valence-corrected chi connectivity index (χ4v) is 1.99. The van der Waals surface area contributed by atoms with Crippen LogP contribution in [0.4, 0.5) is 11.4 Å². The molecule has 3 N–H and O–H groups in total. The van der Waals surface area contributed by atoms with Gasteiger partial charge < -0.3 is 15.8 Å². The van der Waals surface area contributed by atoms with E-state index in [2.05, 4.69) is 10.4 Å². The Balaban J connectivity index is 2.33. The first-order chi connectivity index (χ1) is 9.43. The molecule has 0 aliphatic carbocycles. The zero-order valence-corrected chi connectivity index (χ0v) is 12.0. The summed E-state index contributed by atoms with van der Waals surface area (Å²) in [6.45, 7) is 3.74. The van der Waals surface area contributed by atoms with E-state index in [9.17, 15) is 4.79 Å². The standard InChI is InChI=1S/C14H18N4O2/c1-8-13(9(2)18(3)17-8)16-14(19)11-7-10(20-4)5-6-12(11)15/h5-7H,15H2,1-4H3,(H,16,19). The van der Waals surface area contributed by atoms with Gasteiger partial charge in [-0.25, -0.2) is 0 Å². The van der Waals surface area contributed by atoms with Gasteiger partial charge in [-0.1, -0.05) is 0 Å². The van der Waals surface area contributed by atoms with E-state index in [0.29, 0.717) is 22.7 Å². The summed E-state index contributed by atoms with van der Waals surface area (Å²) in [5.41, 5.74) is 8.99. The predicted octanol–water partition coefficient (Wildman–Crippen LogP) is 1.88. The molecule has 0 saturated heterocycles. The SMILES string of the molecule is COc1ccc(N)c(C(=O)Nc2c(C)nn(C)c2C)c1. The molecule has 6 nitrogen and oxygen atoms in total. The summed E-state index contributed by atoms with van der Waals surface area (Å²) in [5, 5.41) is 7.11. The van der Waals surface area contributed by atoms with Crippen molar-refractivity contribution in [2.75, 3.05) is 18.2 Å². The van der Waals surface area contributed by atoms with Gasteiger partial charge in [0.15, 0.2) is 0 Å². The van der Waals surface area contributed by atoms with Crippen molar-refractivity contribution in [3.05, 3.63) is 35.2 Å². The van der Waals surface area contributed by atoms with Crippen LogP contribution in [0.15, 0.2) is 18.2 Å². The summed E-state index contributed by atoms with van der Waals surface area (Å²) in [7, 11) is 3.38. The van der Waals surface area contributed by atoms with Crippen LogP contribution in [0.5, 0.6) is 5.75 Å². The largest absolute Gasteiger partial charge is 0.497 e. The zero-order chi connectivity index (χ0) is 14.9. The van der Waals surface area contributed by atoms with Gasteiger partial charge in [-0.2, -0.15) is 5.10 Å². The van der Waals surface area contributed by atoms with E-state index in [1.165, 1.54) is 0 Å². The van der Waals surface area contributed by atoms with Gasteiger partial charge in [0.1, 0.15) is 5.75 Å². The summed E-state index contributed by atoms with van der Waals surface area (Å²) >= 11 is 0. The highest BCUT2D eigenvalue weighted by Crippen LogP contribution is 2.23. The number of methoxy groups -OCH3 is 1. The Morgan fingerprint density at radius 1 is 1.40 bits per heavy atom. The number of ether oxygens (including phenoxy) is 1. The lowest BCUT2D eigenvalue weighted by molar-refractivity contribution is 0.102. The number of carbonyl (C=O) groups excluding carboxylic acids is 1. The molecule has 0 fully saturated rings. The molecule has 0 aliphatic heterocycles. The molecule has 6 heteroatoms. The van der Waals surface area contributed by atoms with Crippen LogP contribution in [0.2, 0.25) is 0 Å². The lowest BCUT2D eigenvalue weighted by atomic mass is 10.1. The van der Waals surface area contributed by atoms with E-state index < -0.39 is 0 Å². The highest BCUT2D eigenvalue weighted by molar-refractivity contribution is 6.08. The summed E-state index contributed by atoms with van der Waals surface area (Å²) in [4.78, 5) is 12.3. The molecule has 0 radical (unpaired) electrons. The second-order valence-electron chi connectivity index (χ2n) is 4.58. The number of nitrogen functional groups attached to an aromatic ring is 1. The fourth-order valence-electron chi connectivity index (χ4n) is 1.99. The zero-order valence-electron chi connectivity index (χ0n) is 12.0. The summed E-state index contributed by atoms with van der Waals surface area (Å²) in [5.74, 6) is 0.310. The monoisotopic (exact) mass is 274 g/mol. The van der Waals surface area contributed by atoms with E-state index in [-0.39, 0.29) is 5.91 Å². The third-order valence-electron chi connectivity index (χ3n) is 3.25.